The zero-order valence-corrected chi connectivity index (χ0v) is 8.79. The largest absolute Gasteiger partial charge is 0.365 e. The molecule has 76 valence electrons. The van der Waals surface area contributed by atoms with Gasteiger partial charge in [0, 0.05) is 37.8 Å². The first-order valence-electron chi connectivity index (χ1n) is 4.57. The molecule has 14 heavy (non-hydrogen) atoms. The van der Waals surface area contributed by atoms with Crippen molar-refractivity contribution in [1.82, 2.24) is 20.8 Å². The summed E-state index contributed by atoms with van der Waals surface area (Å²) >= 11 is 5.01. The number of hydrogen-bond acceptors (Lipinski definition) is 3. The molecule has 1 aliphatic heterocycles. The van der Waals surface area contributed by atoms with E-state index in [0.717, 1.165) is 25.3 Å². The molecule has 0 saturated carbocycles. The van der Waals surface area contributed by atoms with Crippen molar-refractivity contribution in [2.45, 2.75) is 13.0 Å². The summed E-state index contributed by atoms with van der Waals surface area (Å²) < 4.78 is 0. The number of nitrogens with zero attached hydrogens (tertiary/aromatic N) is 1. The Balaban J connectivity index is 2.18. The van der Waals surface area contributed by atoms with Crippen LogP contribution in [0, 0.1) is 0 Å². The number of nitrogens with one attached hydrogen (secondary N) is 4. The molecule has 0 radical (unpaired) electrons. The van der Waals surface area contributed by atoms with Gasteiger partial charge < -0.3 is 16.0 Å². The molecule has 1 aromatic heterocycles. The van der Waals surface area contributed by atoms with Crippen LogP contribution in [-0.2, 0) is 13.0 Å². The number of rotatable bonds is 1. The van der Waals surface area contributed by atoms with E-state index in [0.29, 0.717) is 5.11 Å². The van der Waals surface area contributed by atoms with Gasteiger partial charge in [0.05, 0.1) is 0 Å². The number of fused-ring (bicyclic) bond motifs is 1. The second kappa shape index (κ2) is 3.93. The average Bonchev–Trinajstić information content (AvgIpc) is 2.62. The second-order valence-corrected chi connectivity index (χ2v) is 3.57. The predicted molar refractivity (Wildman–Crippen MR) is 59.3 cm³/mol. The van der Waals surface area contributed by atoms with E-state index in [-0.39, 0.29) is 0 Å². The summed E-state index contributed by atoms with van der Waals surface area (Å²) in [6.07, 6.45) is 0.996. The molecule has 2 heterocycles. The molecule has 0 spiro atoms. The smallest absolute Gasteiger partial charge is 0.171 e. The van der Waals surface area contributed by atoms with E-state index in [1.54, 1.807) is 7.05 Å². The lowest BCUT2D eigenvalue weighted by molar-refractivity contribution is 0.637. The van der Waals surface area contributed by atoms with Crippen molar-refractivity contribution in [1.29, 1.82) is 0 Å². The van der Waals surface area contributed by atoms with Gasteiger partial charge in [0.2, 0.25) is 0 Å². The van der Waals surface area contributed by atoms with Crippen LogP contribution in [0.2, 0.25) is 0 Å². The summed E-state index contributed by atoms with van der Waals surface area (Å²) in [4.78, 5) is 0. The zero-order chi connectivity index (χ0) is 9.97. The molecule has 0 fully saturated rings. The standard InChI is InChI=1S/C8H13N5S/c1-9-8(14)11-7-5-4-10-3-2-6(5)12-13-7/h10H,2-4H2,1H3,(H3,9,11,12,13,14). The van der Waals surface area contributed by atoms with E-state index in [2.05, 4.69) is 26.1 Å². The average molecular weight is 211 g/mol. The third-order valence-corrected chi connectivity index (χ3v) is 2.57. The molecule has 6 heteroatoms. The van der Waals surface area contributed by atoms with Crippen molar-refractivity contribution in [3.63, 3.8) is 0 Å². The first-order chi connectivity index (χ1) is 6.81. The van der Waals surface area contributed by atoms with Crippen LogP contribution in [0.15, 0.2) is 0 Å². The minimum absolute atomic E-state index is 0.588. The van der Waals surface area contributed by atoms with Gasteiger partial charge in [-0.2, -0.15) is 5.10 Å². The van der Waals surface area contributed by atoms with Crippen LogP contribution >= 0.6 is 12.2 Å². The molecule has 2 rings (SSSR count). The lowest BCUT2D eigenvalue weighted by atomic mass is 10.1. The molecule has 1 aliphatic rings. The normalized spacial score (nSPS) is 14.6. The first kappa shape index (κ1) is 9.42. The van der Waals surface area contributed by atoms with E-state index < -0.39 is 0 Å². The lowest BCUT2D eigenvalue weighted by Gasteiger charge is -2.13. The topological polar surface area (TPSA) is 64.8 Å². The van der Waals surface area contributed by atoms with Gasteiger partial charge in [-0.3, -0.25) is 5.10 Å². The fourth-order valence-electron chi connectivity index (χ4n) is 1.50. The molecular formula is C8H13N5S. The number of aromatic nitrogens is 2. The first-order valence-corrected chi connectivity index (χ1v) is 4.97. The Morgan fingerprint density at radius 3 is 3.21 bits per heavy atom. The maximum atomic E-state index is 5.01. The molecule has 1 aromatic rings. The van der Waals surface area contributed by atoms with Crippen molar-refractivity contribution in [2.75, 3.05) is 18.9 Å². The van der Waals surface area contributed by atoms with Crippen LogP contribution in [0.1, 0.15) is 11.3 Å². The minimum atomic E-state index is 0.588. The molecule has 4 N–H and O–H groups in total. The van der Waals surface area contributed by atoms with Crippen molar-refractivity contribution in [2.24, 2.45) is 0 Å². The Hall–Kier alpha value is -1.14. The highest BCUT2D eigenvalue weighted by atomic mass is 32.1. The number of hydrogen-bond donors (Lipinski definition) is 4. The highest BCUT2D eigenvalue weighted by molar-refractivity contribution is 7.80. The van der Waals surface area contributed by atoms with E-state index in [4.69, 9.17) is 12.2 Å². The van der Waals surface area contributed by atoms with Gasteiger partial charge in [-0.15, -0.1) is 0 Å². The summed E-state index contributed by atoms with van der Waals surface area (Å²) in [5.41, 5.74) is 2.39. The lowest BCUT2D eigenvalue weighted by Crippen LogP contribution is -2.27. The van der Waals surface area contributed by atoms with Gasteiger partial charge in [0.1, 0.15) is 0 Å². The number of thiocarbonyl (C=S) groups is 1. The Morgan fingerprint density at radius 2 is 2.43 bits per heavy atom. The van der Waals surface area contributed by atoms with Crippen LogP contribution in [0.3, 0.4) is 0 Å². The van der Waals surface area contributed by atoms with Gasteiger partial charge in [-0.1, -0.05) is 0 Å². The summed E-state index contributed by atoms with van der Waals surface area (Å²) in [6.45, 7) is 1.85. The summed E-state index contributed by atoms with van der Waals surface area (Å²) in [5.74, 6) is 0.826. The van der Waals surface area contributed by atoms with Gasteiger partial charge in [-0.05, 0) is 12.2 Å². The summed E-state index contributed by atoms with van der Waals surface area (Å²) in [7, 11) is 1.78. The molecule has 0 aliphatic carbocycles. The molecule has 0 atom stereocenters. The van der Waals surface area contributed by atoms with Crippen molar-refractivity contribution < 1.29 is 0 Å². The van der Waals surface area contributed by atoms with E-state index in [9.17, 15) is 0 Å². The van der Waals surface area contributed by atoms with Gasteiger partial charge in [0.25, 0.3) is 0 Å². The predicted octanol–water partition coefficient (Wildman–Crippen LogP) is -0.0284. The maximum Gasteiger partial charge on any atom is 0.171 e. The van der Waals surface area contributed by atoms with E-state index >= 15 is 0 Å². The fraction of sp³-hybridized carbons (Fsp3) is 0.500. The van der Waals surface area contributed by atoms with Crippen molar-refractivity contribution >= 4 is 23.1 Å². The van der Waals surface area contributed by atoms with Crippen molar-refractivity contribution in [3.05, 3.63) is 11.3 Å². The van der Waals surface area contributed by atoms with Crippen molar-refractivity contribution in [3.8, 4) is 0 Å². The molecule has 0 aromatic carbocycles. The van der Waals surface area contributed by atoms with E-state index in [1.165, 1.54) is 11.3 Å². The van der Waals surface area contributed by atoms with Gasteiger partial charge in [-0.25, -0.2) is 0 Å². The fourth-order valence-corrected chi connectivity index (χ4v) is 1.60. The Kier molecular flexibility index (Phi) is 2.64. The highest BCUT2D eigenvalue weighted by Crippen LogP contribution is 2.19. The minimum Gasteiger partial charge on any atom is -0.365 e. The number of anilines is 1. The highest BCUT2D eigenvalue weighted by Gasteiger charge is 2.16. The molecule has 0 bridgehead atoms. The van der Waals surface area contributed by atoms with Crippen LogP contribution in [0.4, 0.5) is 5.82 Å². The quantitative estimate of drug-likeness (QED) is 0.491. The Bertz CT molecular complexity index is 346. The Labute approximate surface area is 87.7 Å². The van der Waals surface area contributed by atoms with Gasteiger partial charge in [0.15, 0.2) is 10.9 Å². The molecule has 5 nitrogen and oxygen atoms in total. The SMILES string of the molecule is CNC(=S)Nc1n[nH]c2c1CNCC2. The van der Waals surface area contributed by atoms with Crippen LogP contribution < -0.4 is 16.0 Å². The molecular weight excluding hydrogens is 198 g/mol. The zero-order valence-electron chi connectivity index (χ0n) is 7.98. The van der Waals surface area contributed by atoms with Crippen LogP contribution in [-0.4, -0.2) is 28.9 Å². The molecule has 0 amide bonds. The number of H-pyrrole nitrogens is 1. The second-order valence-electron chi connectivity index (χ2n) is 3.16. The third kappa shape index (κ3) is 1.71. The monoisotopic (exact) mass is 211 g/mol. The van der Waals surface area contributed by atoms with E-state index in [1.807, 2.05) is 0 Å². The molecule has 0 unspecified atom stereocenters. The number of aromatic amines is 1. The molecule has 0 saturated heterocycles. The van der Waals surface area contributed by atoms with Crippen LogP contribution in [0.25, 0.3) is 0 Å². The van der Waals surface area contributed by atoms with Crippen LogP contribution in [0.5, 0.6) is 0 Å². The Morgan fingerprint density at radius 1 is 1.57 bits per heavy atom. The summed E-state index contributed by atoms with van der Waals surface area (Å²) in [5, 5.41) is 17.0. The van der Waals surface area contributed by atoms with Gasteiger partial charge >= 0.3 is 0 Å². The third-order valence-electron chi connectivity index (χ3n) is 2.27. The maximum absolute atomic E-state index is 5.01. The summed E-state index contributed by atoms with van der Waals surface area (Å²) in [6, 6.07) is 0.